The first-order valence-corrected chi connectivity index (χ1v) is 8.02. The highest BCUT2D eigenvalue weighted by atomic mass is 16.4. The van der Waals surface area contributed by atoms with E-state index in [2.05, 4.69) is 25.8 Å². The maximum atomic E-state index is 8.87. The first kappa shape index (κ1) is 16.8. The highest BCUT2D eigenvalue weighted by molar-refractivity contribution is 5.14. The van der Waals surface area contributed by atoms with Crippen LogP contribution in [0.15, 0.2) is 10.6 Å². The molecule has 0 spiro atoms. The monoisotopic (exact) mass is 276 g/mol. The first-order chi connectivity index (χ1) is 9.66. The van der Waals surface area contributed by atoms with Crippen LogP contribution in [-0.2, 0) is 5.41 Å². The average Bonchev–Trinajstić information content (AvgIpc) is 2.94. The Kier molecular flexibility index (Phi) is 7.36. The second-order valence-corrected chi connectivity index (χ2v) is 5.97. The summed E-state index contributed by atoms with van der Waals surface area (Å²) in [5.74, 6) is 1.08. The number of aromatic nitrogens is 1. The van der Waals surface area contributed by atoms with Crippen molar-refractivity contribution >= 4 is 0 Å². The van der Waals surface area contributed by atoms with E-state index in [4.69, 9.17) is 9.68 Å². The lowest BCUT2D eigenvalue weighted by molar-refractivity contribution is 0.297. The van der Waals surface area contributed by atoms with E-state index in [-0.39, 0.29) is 11.3 Å². The van der Waals surface area contributed by atoms with Gasteiger partial charge in [-0.05, 0) is 12.8 Å². The highest BCUT2D eigenvalue weighted by Crippen LogP contribution is 2.35. The van der Waals surface area contributed by atoms with Crippen LogP contribution in [0.3, 0.4) is 0 Å². The molecule has 0 aliphatic heterocycles. The van der Waals surface area contributed by atoms with Crippen molar-refractivity contribution in [1.29, 1.82) is 5.26 Å². The van der Waals surface area contributed by atoms with Crippen molar-refractivity contribution in [1.82, 2.24) is 4.98 Å². The van der Waals surface area contributed by atoms with Crippen molar-refractivity contribution in [2.45, 2.75) is 84.0 Å². The van der Waals surface area contributed by atoms with Gasteiger partial charge in [0.2, 0.25) is 0 Å². The lowest BCUT2D eigenvalue weighted by Gasteiger charge is -2.27. The number of oxazole rings is 1. The minimum Gasteiger partial charge on any atom is -0.433 e. The third-order valence-corrected chi connectivity index (χ3v) is 4.11. The van der Waals surface area contributed by atoms with Crippen LogP contribution in [-0.4, -0.2) is 4.98 Å². The Morgan fingerprint density at radius 3 is 2.25 bits per heavy atom. The van der Waals surface area contributed by atoms with E-state index in [1.54, 1.807) is 6.20 Å². The molecule has 1 unspecified atom stereocenters. The van der Waals surface area contributed by atoms with Gasteiger partial charge in [0.15, 0.2) is 6.07 Å². The minimum absolute atomic E-state index is 0.0327. The molecule has 1 atom stereocenters. The van der Waals surface area contributed by atoms with E-state index >= 15 is 0 Å². The largest absolute Gasteiger partial charge is 0.433 e. The van der Waals surface area contributed by atoms with Gasteiger partial charge in [-0.15, -0.1) is 0 Å². The Morgan fingerprint density at radius 1 is 1.10 bits per heavy atom. The molecular weight excluding hydrogens is 248 g/mol. The maximum absolute atomic E-state index is 8.87. The second-order valence-electron chi connectivity index (χ2n) is 5.97. The number of hydrogen-bond acceptors (Lipinski definition) is 3. The topological polar surface area (TPSA) is 49.8 Å². The third-order valence-electron chi connectivity index (χ3n) is 4.11. The minimum atomic E-state index is 0.0327. The van der Waals surface area contributed by atoms with Crippen molar-refractivity contribution in [3.63, 3.8) is 0 Å². The summed E-state index contributed by atoms with van der Waals surface area (Å²) in [5, 5.41) is 8.87. The van der Waals surface area contributed by atoms with Crippen LogP contribution >= 0.6 is 0 Å². The van der Waals surface area contributed by atoms with Crippen LogP contribution in [0, 0.1) is 11.3 Å². The van der Waals surface area contributed by atoms with Crippen LogP contribution in [0.1, 0.15) is 90.2 Å². The Morgan fingerprint density at radius 2 is 1.70 bits per heavy atom. The summed E-state index contributed by atoms with van der Waals surface area (Å²) in [5.41, 5.74) is 0.0327. The van der Waals surface area contributed by atoms with E-state index in [1.165, 1.54) is 44.9 Å². The fourth-order valence-corrected chi connectivity index (χ4v) is 2.68. The van der Waals surface area contributed by atoms with Gasteiger partial charge in [-0.1, -0.05) is 65.7 Å². The quantitative estimate of drug-likeness (QED) is 0.541. The molecule has 0 saturated carbocycles. The van der Waals surface area contributed by atoms with Crippen molar-refractivity contribution in [2.75, 3.05) is 0 Å². The molecule has 0 aromatic carbocycles. The van der Waals surface area contributed by atoms with Gasteiger partial charge in [0, 0.05) is 5.41 Å². The van der Waals surface area contributed by atoms with E-state index < -0.39 is 0 Å². The molecule has 20 heavy (non-hydrogen) atoms. The lowest BCUT2D eigenvalue weighted by atomic mass is 9.78. The van der Waals surface area contributed by atoms with E-state index in [1.807, 2.05) is 6.07 Å². The molecule has 0 fully saturated rings. The molecule has 0 radical (unpaired) electrons. The highest BCUT2D eigenvalue weighted by Gasteiger charge is 2.29. The van der Waals surface area contributed by atoms with Gasteiger partial charge in [0.1, 0.15) is 5.76 Å². The SMILES string of the molecule is CCCCCCC(C)(CCCCC)c1cnc(C#N)o1. The summed E-state index contributed by atoms with van der Waals surface area (Å²) >= 11 is 0. The van der Waals surface area contributed by atoms with Gasteiger partial charge in [-0.25, -0.2) is 4.98 Å². The Labute approximate surface area is 123 Å². The Hall–Kier alpha value is -1.30. The average molecular weight is 276 g/mol. The summed E-state index contributed by atoms with van der Waals surface area (Å²) < 4.78 is 5.61. The Bertz CT molecular complexity index is 419. The van der Waals surface area contributed by atoms with Gasteiger partial charge in [0.05, 0.1) is 6.20 Å². The van der Waals surface area contributed by atoms with Crippen LogP contribution in [0.25, 0.3) is 0 Å². The van der Waals surface area contributed by atoms with Gasteiger partial charge in [-0.2, -0.15) is 5.26 Å². The van der Waals surface area contributed by atoms with Crippen LogP contribution < -0.4 is 0 Å². The molecule has 0 saturated heterocycles. The molecule has 3 heteroatoms. The number of hydrogen-bond donors (Lipinski definition) is 0. The molecule has 1 heterocycles. The van der Waals surface area contributed by atoms with Gasteiger partial charge < -0.3 is 4.42 Å². The number of unbranched alkanes of at least 4 members (excludes halogenated alkanes) is 5. The van der Waals surface area contributed by atoms with E-state index in [0.29, 0.717) is 0 Å². The molecular formula is C17H28N2O. The van der Waals surface area contributed by atoms with Crippen molar-refractivity contribution in [3.05, 3.63) is 17.8 Å². The predicted octanol–water partition coefficient (Wildman–Crippen LogP) is 5.35. The Balaban J connectivity index is 2.69. The second kappa shape index (κ2) is 8.79. The molecule has 1 rings (SSSR count). The van der Waals surface area contributed by atoms with Crippen molar-refractivity contribution < 1.29 is 4.42 Å². The smallest absolute Gasteiger partial charge is 0.300 e. The number of nitriles is 1. The molecule has 0 aliphatic carbocycles. The van der Waals surface area contributed by atoms with Gasteiger partial charge in [0.25, 0.3) is 0 Å². The summed E-state index contributed by atoms with van der Waals surface area (Å²) in [4.78, 5) is 4.05. The summed E-state index contributed by atoms with van der Waals surface area (Å²) in [7, 11) is 0. The summed E-state index contributed by atoms with van der Waals surface area (Å²) in [6.07, 6.45) is 12.7. The molecule has 0 aliphatic rings. The standard InChI is InChI=1S/C17H28N2O/c1-4-6-8-10-12-17(3,11-9-7-5-2)15-14-19-16(13-18)20-15/h14H,4-12H2,1-3H3. The zero-order valence-electron chi connectivity index (χ0n) is 13.2. The van der Waals surface area contributed by atoms with Crippen LogP contribution in [0.4, 0.5) is 0 Å². The maximum Gasteiger partial charge on any atom is 0.300 e. The number of nitrogens with zero attached hydrogens (tertiary/aromatic N) is 2. The first-order valence-electron chi connectivity index (χ1n) is 8.02. The summed E-state index contributed by atoms with van der Waals surface area (Å²) in [6, 6.07) is 1.99. The van der Waals surface area contributed by atoms with E-state index in [0.717, 1.165) is 18.6 Å². The lowest BCUT2D eigenvalue weighted by Crippen LogP contribution is -2.21. The molecule has 0 N–H and O–H groups in total. The van der Waals surface area contributed by atoms with Gasteiger partial charge in [-0.3, -0.25) is 0 Å². The molecule has 3 nitrogen and oxygen atoms in total. The number of rotatable bonds is 10. The summed E-state index contributed by atoms with van der Waals surface area (Å²) in [6.45, 7) is 6.72. The van der Waals surface area contributed by atoms with Crippen LogP contribution in [0.2, 0.25) is 0 Å². The predicted molar refractivity (Wildman–Crippen MR) is 81.5 cm³/mol. The van der Waals surface area contributed by atoms with Crippen molar-refractivity contribution in [3.8, 4) is 6.07 Å². The van der Waals surface area contributed by atoms with Crippen LogP contribution in [0.5, 0.6) is 0 Å². The zero-order valence-corrected chi connectivity index (χ0v) is 13.2. The third kappa shape index (κ3) is 5.00. The molecule has 112 valence electrons. The molecule has 1 aromatic heterocycles. The normalized spacial score (nSPS) is 13.9. The van der Waals surface area contributed by atoms with Crippen molar-refractivity contribution in [2.24, 2.45) is 0 Å². The fourth-order valence-electron chi connectivity index (χ4n) is 2.68. The molecule has 1 aromatic rings. The molecule has 0 amide bonds. The fraction of sp³-hybridized carbons (Fsp3) is 0.765. The zero-order chi connectivity index (χ0) is 14.8. The van der Waals surface area contributed by atoms with Gasteiger partial charge >= 0.3 is 5.89 Å². The van der Waals surface area contributed by atoms with E-state index in [9.17, 15) is 0 Å². The molecule has 0 bridgehead atoms.